The summed E-state index contributed by atoms with van der Waals surface area (Å²) in [4.78, 5) is 9.91. The van der Waals surface area contributed by atoms with Gasteiger partial charge in [-0.05, 0) is 12.1 Å². The van der Waals surface area contributed by atoms with Crippen LogP contribution < -0.4 is 16.0 Å². The van der Waals surface area contributed by atoms with Gasteiger partial charge in [-0.15, -0.1) is 0 Å². The van der Waals surface area contributed by atoms with E-state index in [9.17, 15) is 18.5 Å². The van der Waals surface area contributed by atoms with Crippen LogP contribution in [0.4, 0.5) is 17.2 Å². The summed E-state index contributed by atoms with van der Waals surface area (Å²) in [6, 6.07) is 4.79. The monoisotopic (exact) mass is 312 g/mol. The van der Waals surface area contributed by atoms with Crippen LogP contribution in [0.2, 0.25) is 0 Å². The molecular weight excluding hydrogens is 300 g/mol. The number of nitro benzene ring substituents is 1. The summed E-state index contributed by atoms with van der Waals surface area (Å²) in [6.45, 7) is 0. The minimum Gasteiger partial charge on any atom is -0.318 e. The Morgan fingerprint density at radius 3 is 2.62 bits per heavy atom. The normalized spacial score (nSPS) is 11.1. The highest BCUT2D eigenvalue weighted by Crippen LogP contribution is 2.27. The van der Waals surface area contributed by atoms with E-state index in [1.165, 1.54) is 22.9 Å². The van der Waals surface area contributed by atoms with Crippen molar-refractivity contribution in [3.8, 4) is 0 Å². The molecule has 10 nitrogen and oxygen atoms in total. The quantitative estimate of drug-likeness (QED) is 0.412. The van der Waals surface area contributed by atoms with Gasteiger partial charge in [0.15, 0.2) is 5.82 Å². The number of nitrogens with zero attached hydrogens (tertiary/aromatic N) is 3. The number of nitro groups is 1. The number of hydrogen-bond acceptors (Lipinski definition) is 7. The summed E-state index contributed by atoms with van der Waals surface area (Å²) in [6.07, 6.45) is 1.56. The van der Waals surface area contributed by atoms with E-state index in [1.807, 2.05) is 0 Å². The zero-order valence-corrected chi connectivity index (χ0v) is 11.7. The number of sulfonamides is 1. The Bertz CT molecular complexity index is 785. The lowest BCUT2D eigenvalue weighted by atomic mass is 10.3. The Labute approximate surface area is 119 Å². The molecule has 0 spiro atoms. The van der Waals surface area contributed by atoms with Crippen molar-refractivity contribution in [2.75, 3.05) is 10.1 Å². The number of nitrogens with two attached hydrogens (primary N) is 1. The smallest absolute Gasteiger partial charge is 0.295 e. The maximum Gasteiger partial charge on any atom is 0.295 e. The van der Waals surface area contributed by atoms with Crippen LogP contribution in [0.25, 0.3) is 0 Å². The van der Waals surface area contributed by atoms with Crippen molar-refractivity contribution in [2.45, 2.75) is 4.90 Å². The first kappa shape index (κ1) is 14.7. The molecule has 0 radical (unpaired) electrons. The number of anilines is 2. The molecule has 0 aliphatic heterocycles. The lowest BCUT2D eigenvalue weighted by Crippen LogP contribution is -2.15. The number of benzene rings is 1. The van der Waals surface area contributed by atoms with Crippen LogP contribution in [0, 0.1) is 10.1 Å². The Kier molecular flexibility index (Phi) is 3.78. The molecule has 1 aromatic heterocycles. The van der Waals surface area contributed by atoms with E-state index >= 15 is 0 Å². The zero-order valence-electron chi connectivity index (χ0n) is 10.8. The average molecular weight is 312 g/mol. The fourth-order valence-electron chi connectivity index (χ4n) is 1.62. The van der Waals surface area contributed by atoms with Gasteiger partial charge >= 0.3 is 0 Å². The van der Waals surface area contributed by atoms with E-state index in [0.717, 1.165) is 6.07 Å². The molecule has 2 aromatic rings. The first-order valence-electron chi connectivity index (χ1n) is 5.61. The molecule has 21 heavy (non-hydrogen) atoms. The van der Waals surface area contributed by atoms with Crippen molar-refractivity contribution in [1.82, 2.24) is 9.78 Å². The third kappa shape index (κ3) is 3.09. The maximum absolute atomic E-state index is 12.2. The topological polar surface area (TPSA) is 145 Å². The van der Waals surface area contributed by atoms with Gasteiger partial charge in [-0.3, -0.25) is 25.4 Å². The largest absolute Gasteiger partial charge is 0.318 e. The molecule has 11 heteroatoms. The molecule has 0 aliphatic carbocycles. The van der Waals surface area contributed by atoms with Crippen molar-refractivity contribution in [3.05, 3.63) is 40.6 Å². The van der Waals surface area contributed by atoms with E-state index in [0.29, 0.717) is 0 Å². The number of nitrogen functional groups attached to an aromatic ring is 1. The first-order chi connectivity index (χ1) is 9.83. The summed E-state index contributed by atoms with van der Waals surface area (Å²) in [5.74, 6) is 5.25. The molecular formula is C10H12N6O4S. The summed E-state index contributed by atoms with van der Waals surface area (Å²) in [7, 11) is -2.35. The van der Waals surface area contributed by atoms with Crippen LogP contribution in [-0.2, 0) is 17.1 Å². The Balaban J connectivity index is 2.40. The van der Waals surface area contributed by atoms with Gasteiger partial charge in [-0.1, -0.05) is 0 Å². The predicted octanol–water partition coefficient (Wildman–Crippen LogP) is 0.415. The van der Waals surface area contributed by atoms with Crippen molar-refractivity contribution in [3.63, 3.8) is 0 Å². The Morgan fingerprint density at radius 1 is 1.38 bits per heavy atom. The van der Waals surface area contributed by atoms with Crippen LogP contribution in [-0.4, -0.2) is 23.1 Å². The van der Waals surface area contributed by atoms with Crippen molar-refractivity contribution >= 4 is 27.2 Å². The third-order valence-corrected chi connectivity index (χ3v) is 3.94. The molecule has 0 atom stereocenters. The van der Waals surface area contributed by atoms with Gasteiger partial charge in [-0.25, -0.2) is 8.42 Å². The minimum absolute atomic E-state index is 0.0109. The van der Waals surface area contributed by atoms with Crippen molar-refractivity contribution in [1.29, 1.82) is 0 Å². The molecule has 0 aliphatic rings. The van der Waals surface area contributed by atoms with Gasteiger partial charge in [0, 0.05) is 25.4 Å². The van der Waals surface area contributed by atoms with E-state index in [4.69, 9.17) is 5.84 Å². The predicted molar refractivity (Wildman–Crippen MR) is 74.9 cm³/mol. The van der Waals surface area contributed by atoms with Crippen LogP contribution in [0.3, 0.4) is 0 Å². The third-order valence-electron chi connectivity index (χ3n) is 2.58. The van der Waals surface area contributed by atoms with E-state index in [-0.39, 0.29) is 16.4 Å². The van der Waals surface area contributed by atoms with Gasteiger partial charge < -0.3 is 5.43 Å². The number of rotatable bonds is 5. The maximum atomic E-state index is 12.2. The van der Waals surface area contributed by atoms with E-state index in [1.54, 1.807) is 13.2 Å². The standard InChI is InChI=1S/C10H12N6O4S/c1-15-5-4-10(13-15)14-21(19,20)7-2-3-8(12-11)9(6-7)16(17)18/h2-6,12H,11H2,1H3,(H,13,14). The van der Waals surface area contributed by atoms with Gasteiger partial charge in [0.1, 0.15) is 5.69 Å². The minimum atomic E-state index is -3.98. The lowest BCUT2D eigenvalue weighted by molar-refractivity contribution is -0.384. The molecule has 1 aromatic carbocycles. The van der Waals surface area contributed by atoms with Crippen LogP contribution in [0.5, 0.6) is 0 Å². The molecule has 0 bridgehead atoms. The Morgan fingerprint density at radius 2 is 2.10 bits per heavy atom. The molecule has 4 N–H and O–H groups in total. The summed E-state index contributed by atoms with van der Waals surface area (Å²) < 4.78 is 27.9. The summed E-state index contributed by atoms with van der Waals surface area (Å²) in [5, 5.41) is 14.8. The van der Waals surface area contributed by atoms with E-state index in [2.05, 4.69) is 15.2 Å². The van der Waals surface area contributed by atoms with Gasteiger partial charge in [0.2, 0.25) is 0 Å². The van der Waals surface area contributed by atoms with Crippen LogP contribution in [0.15, 0.2) is 35.4 Å². The molecule has 0 saturated heterocycles. The molecule has 0 amide bonds. The SMILES string of the molecule is Cn1ccc(NS(=O)(=O)c2ccc(NN)c([N+](=O)[O-])c2)n1. The fourth-order valence-corrected chi connectivity index (χ4v) is 2.63. The molecule has 0 saturated carbocycles. The Hall–Kier alpha value is -2.66. The van der Waals surface area contributed by atoms with Gasteiger partial charge in [0.05, 0.1) is 9.82 Å². The number of aromatic nitrogens is 2. The summed E-state index contributed by atoms with van der Waals surface area (Å²) >= 11 is 0. The number of hydrogen-bond donors (Lipinski definition) is 3. The first-order valence-corrected chi connectivity index (χ1v) is 7.09. The molecule has 112 valence electrons. The molecule has 0 fully saturated rings. The number of nitrogens with one attached hydrogen (secondary N) is 2. The number of hydrazine groups is 1. The molecule has 0 unspecified atom stereocenters. The number of aryl methyl sites for hydroxylation is 1. The summed E-state index contributed by atoms with van der Waals surface area (Å²) in [5.41, 5.74) is 1.70. The highest BCUT2D eigenvalue weighted by Gasteiger charge is 2.21. The average Bonchev–Trinajstić information content (AvgIpc) is 2.82. The highest BCUT2D eigenvalue weighted by molar-refractivity contribution is 7.92. The van der Waals surface area contributed by atoms with Gasteiger partial charge in [-0.2, -0.15) is 5.10 Å². The second-order valence-corrected chi connectivity index (χ2v) is 5.74. The van der Waals surface area contributed by atoms with Crippen LogP contribution in [0.1, 0.15) is 0 Å². The lowest BCUT2D eigenvalue weighted by Gasteiger charge is -2.07. The fraction of sp³-hybridized carbons (Fsp3) is 0.100. The van der Waals surface area contributed by atoms with Crippen molar-refractivity contribution < 1.29 is 13.3 Å². The zero-order chi connectivity index (χ0) is 15.6. The van der Waals surface area contributed by atoms with E-state index < -0.39 is 20.6 Å². The second-order valence-electron chi connectivity index (χ2n) is 4.06. The van der Waals surface area contributed by atoms with Crippen molar-refractivity contribution in [2.24, 2.45) is 12.9 Å². The molecule has 2 rings (SSSR count). The van der Waals surface area contributed by atoms with Gasteiger partial charge in [0.25, 0.3) is 15.7 Å². The second kappa shape index (κ2) is 5.38. The molecule has 1 heterocycles. The van der Waals surface area contributed by atoms with Crippen LogP contribution >= 0.6 is 0 Å². The highest BCUT2D eigenvalue weighted by atomic mass is 32.2.